The Bertz CT molecular complexity index is 1010. The molecule has 0 aliphatic heterocycles. The van der Waals surface area contributed by atoms with Gasteiger partial charge in [-0.3, -0.25) is 0 Å². The minimum absolute atomic E-state index is 0.185. The first kappa shape index (κ1) is 18.7. The Kier molecular flexibility index (Phi) is 5.57. The fourth-order valence-corrected chi connectivity index (χ4v) is 3.32. The molecule has 0 fully saturated rings. The molecule has 0 aliphatic rings. The van der Waals surface area contributed by atoms with Crippen molar-refractivity contribution in [3.05, 3.63) is 90.0 Å². The molecule has 0 aliphatic carbocycles. The summed E-state index contributed by atoms with van der Waals surface area (Å²) in [6.07, 6.45) is 1.48. The van der Waals surface area contributed by atoms with Crippen LogP contribution in [0.15, 0.2) is 88.9 Å². The first-order chi connectivity index (χ1) is 13.0. The van der Waals surface area contributed by atoms with Gasteiger partial charge in [-0.2, -0.15) is 13.5 Å². The van der Waals surface area contributed by atoms with Gasteiger partial charge in [0.05, 0.1) is 11.1 Å². The molecule has 0 saturated heterocycles. The van der Waals surface area contributed by atoms with Gasteiger partial charge in [-0.15, -0.1) is 0 Å². The van der Waals surface area contributed by atoms with Crippen molar-refractivity contribution < 1.29 is 8.42 Å². The summed E-state index contributed by atoms with van der Waals surface area (Å²) >= 11 is 0. The molecule has 0 amide bonds. The monoisotopic (exact) mass is 379 g/mol. The Balaban J connectivity index is 1.66. The summed E-state index contributed by atoms with van der Waals surface area (Å²) in [6.45, 7) is 1.90. The lowest BCUT2D eigenvalue weighted by Crippen LogP contribution is -2.18. The molecule has 0 bridgehead atoms. The first-order valence-corrected chi connectivity index (χ1v) is 9.94. The number of benzene rings is 3. The van der Waals surface area contributed by atoms with Crippen molar-refractivity contribution >= 4 is 27.6 Å². The van der Waals surface area contributed by atoms with Crippen LogP contribution < -0.4 is 9.73 Å². The number of hydrogen-bond acceptors (Lipinski definition) is 4. The molecule has 27 heavy (non-hydrogen) atoms. The smallest absolute Gasteiger partial charge is 0.276 e. The molecular formula is C21H21N3O2S. The van der Waals surface area contributed by atoms with E-state index in [1.807, 2.05) is 68.6 Å². The van der Waals surface area contributed by atoms with E-state index < -0.39 is 10.0 Å². The van der Waals surface area contributed by atoms with Crippen LogP contribution >= 0.6 is 0 Å². The van der Waals surface area contributed by atoms with Gasteiger partial charge in [-0.25, -0.2) is 4.83 Å². The van der Waals surface area contributed by atoms with E-state index in [1.54, 1.807) is 24.3 Å². The van der Waals surface area contributed by atoms with Gasteiger partial charge >= 0.3 is 0 Å². The summed E-state index contributed by atoms with van der Waals surface area (Å²) in [7, 11) is -1.67. The third-order valence-electron chi connectivity index (χ3n) is 4.14. The molecule has 0 saturated carbocycles. The normalized spacial score (nSPS) is 11.5. The highest BCUT2D eigenvalue weighted by Crippen LogP contribution is 2.22. The Morgan fingerprint density at radius 1 is 0.852 bits per heavy atom. The maximum absolute atomic E-state index is 12.2. The second-order valence-corrected chi connectivity index (χ2v) is 7.81. The summed E-state index contributed by atoms with van der Waals surface area (Å²) in [6, 6.07) is 24.4. The predicted octanol–water partition coefficient (Wildman–Crippen LogP) is 4.08. The zero-order chi connectivity index (χ0) is 19.3. The SMILES string of the molecule is Cc1ccc(S(=O)(=O)NN=Cc2ccc(N(C)c3ccccc3)cc2)cc1. The Morgan fingerprint density at radius 3 is 2.07 bits per heavy atom. The van der Waals surface area contributed by atoms with E-state index in [1.165, 1.54) is 6.21 Å². The van der Waals surface area contributed by atoms with E-state index in [2.05, 4.69) is 14.8 Å². The van der Waals surface area contributed by atoms with Gasteiger partial charge in [0.1, 0.15) is 0 Å². The number of rotatable bonds is 6. The maximum Gasteiger partial charge on any atom is 0.276 e. The van der Waals surface area contributed by atoms with Crippen molar-refractivity contribution in [2.24, 2.45) is 5.10 Å². The zero-order valence-corrected chi connectivity index (χ0v) is 16.0. The van der Waals surface area contributed by atoms with Gasteiger partial charge in [0.2, 0.25) is 0 Å². The molecule has 0 radical (unpaired) electrons. The Hall–Kier alpha value is -3.12. The number of para-hydroxylation sites is 1. The van der Waals surface area contributed by atoms with E-state index in [4.69, 9.17) is 0 Å². The van der Waals surface area contributed by atoms with Gasteiger partial charge in [0.25, 0.3) is 10.0 Å². The quantitative estimate of drug-likeness (QED) is 0.519. The van der Waals surface area contributed by atoms with Gasteiger partial charge in [-0.05, 0) is 48.9 Å². The molecule has 0 spiro atoms. The number of hydrazone groups is 1. The van der Waals surface area contributed by atoms with Crippen molar-refractivity contribution in [2.45, 2.75) is 11.8 Å². The molecule has 0 unspecified atom stereocenters. The number of nitrogens with one attached hydrogen (secondary N) is 1. The highest BCUT2D eigenvalue weighted by molar-refractivity contribution is 7.89. The molecule has 0 atom stereocenters. The molecule has 3 rings (SSSR count). The Morgan fingerprint density at radius 2 is 1.44 bits per heavy atom. The van der Waals surface area contributed by atoms with Crippen LogP contribution in [-0.2, 0) is 10.0 Å². The van der Waals surface area contributed by atoms with Crippen LogP contribution in [0.4, 0.5) is 11.4 Å². The Labute approximate surface area is 160 Å². The van der Waals surface area contributed by atoms with Crippen LogP contribution in [0.3, 0.4) is 0 Å². The summed E-state index contributed by atoms with van der Waals surface area (Å²) in [5, 5.41) is 3.87. The fourth-order valence-electron chi connectivity index (χ4n) is 2.53. The van der Waals surface area contributed by atoms with Crippen LogP contribution in [-0.4, -0.2) is 21.7 Å². The van der Waals surface area contributed by atoms with Gasteiger partial charge < -0.3 is 4.90 Å². The van der Waals surface area contributed by atoms with Gasteiger partial charge in [-0.1, -0.05) is 48.0 Å². The van der Waals surface area contributed by atoms with E-state index in [0.717, 1.165) is 22.5 Å². The lowest BCUT2D eigenvalue weighted by Gasteiger charge is -2.19. The number of hydrogen-bond donors (Lipinski definition) is 1. The van der Waals surface area contributed by atoms with Gasteiger partial charge in [0, 0.05) is 18.4 Å². The minimum Gasteiger partial charge on any atom is -0.345 e. The fraction of sp³-hybridized carbons (Fsp3) is 0.0952. The van der Waals surface area contributed by atoms with Crippen molar-refractivity contribution in [2.75, 3.05) is 11.9 Å². The number of anilines is 2. The van der Waals surface area contributed by atoms with E-state index in [-0.39, 0.29) is 4.90 Å². The lowest BCUT2D eigenvalue weighted by atomic mass is 10.2. The van der Waals surface area contributed by atoms with Crippen molar-refractivity contribution in [3.8, 4) is 0 Å². The summed E-state index contributed by atoms with van der Waals surface area (Å²) in [5.41, 5.74) is 3.91. The summed E-state index contributed by atoms with van der Waals surface area (Å²) in [4.78, 5) is 4.49. The largest absolute Gasteiger partial charge is 0.345 e. The molecule has 0 heterocycles. The third-order valence-corrected chi connectivity index (χ3v) is 5.38. The summed E-state index contributed by atoms with van der Waals surface area (Å²) < 4.78 is 24.4. The second-order valence-electron chi connectivity index (χ2n) is 6.15. The molecule has 0 aromatic heterocycles. The predicted molar refractivity (Wildman–Crippen MR) is 110 cm³/mol. The van der Waals surface area contributed by atoms with Crippen LogP contribution in [0.25, 0.3) is 0 Å². The summed E-state index contributed by atoms with van der Waals surface area (Å²) in [5.74, 6) is 0. The number of sulfonamides is 1. The molecular weight excluding hydrogens is 358 g/mol. The average molecular weight is 379 g/mol. The standard InChI is InChI=1S/C21H21N3O2S/c1-17-8-14-21(15-9-17)27(25,26)23-22-16-18-10-12-20(13-11-18)24(2)19-6-4-3-5-7-19/h3-16,23H,1-2H3. The van der Waals surface area contributed by atoms with Crippen molar-refractivity contribution in [1.29, 1.82) is 0 Å². The molecule has 6 heteroatoms. The minimum atomic E-state index is -3.66. The van der Waals surface area contributed by atoms with E-state index in [9.17, 15) is 8.42 Å². The lowest BCUT2D eigenvalue weighted by molar-refractivity contribution is 0.584. The van der Waals surface area contributed by atoms with E-state index in [0.29, 0.717) is 0 Å². The topological polar surface area (TPSA) is 61.8 Å². The average Bonchev–Trinajstić information content (AvgIpc) is 2.69. The van der Waals surface area contributed by atoms with E-state index >= 15 is 0 Å². The third kappa shape index (κ3) is 4.74. The van der Waals surface area contributed by atoms with Crippen molar-refractivity contribution in [1.82, 2.24) is 4.83 Å². The van der Waals surface area contributed by atoms with Crippen molar-refractivity contribution in [3.63, 3.8) is 0 Å². The zero-order valence-electron chi connectivity index (χ0n) is 15.2. The molecule has 3 aromatic carbocycles. The maximum atomic E-state index is 12.2. The molecule has 138 valence electrons. The van der Waals surface area contributed by atoms with Crippen LogP contribution in [0.5, 0.6) is 0 Å². The van der Waals surface area contributed by atoms with Gasteiger partial charge in [0.15, 0.2) is 0 Å². The molecule has 5 nitrogen and oxygen atoms in total. The highest BCUT2D eigenvalue weighted by atomic mass is 32.2. The first-order valence-electron chi connectivity index (χ1n) is 8.46. The molecule has 3 aromatic rings. The molecule has 1 N–H and O–H groups in total. The second kappa shape index (κ2) is 8.05. The van der Waals surface area contributed by atoms with Crippen LogP contribution in [0.2, 0.25) is 0 Å². The van der Waals surface area contributed by atoms with Crippen LogP contribution in [0, 0.1) is 6.92 Å². The number of aryl methyl sites for hydroxylation is 1. The highest BCUT2D eigenvalue weighted by Gasteiger charge is 2.11. The van der Waals surface area contributed by atoms with Crippen LogP contribution in [0.1, 0.15) is 11.1 Å². The number of nitrogens with zero attached hydrogens (tertiary/aromatic N) is 2.